The van der Waals surface area contributed by atoms with E-state index in [9.17, 15) is 13.5 Å². The molecule has 0 bridgehead atoms. The monoisotopic (exact) mass is 299 g/mol. The Kier molecular flexibility index (Phi) is 4.09. The molecule has 1 saturated carbocycles. The summed E-state index contributed by atoms with van der Waals surface area (Å²) >= 11 is 0. The Balaban J connectivity index is 2.14. The number of nitrogens with one attached hydrogen (secondary N) is 1. The van der Waals surface area contributed by atoms with Crippen molar-refractivity contribution in [3.63, 3.8) is 0 Å². The second-order valence-electron chi connectivity index (χ2n) is 5.64. The van der Waals surface area contributed by atoms with Crippen LogP contribution >= 0.6 is 0 Å². The molecular weight excluding hydrogens is 278 g/mol. The maximum Gasteiger partial charge on any atom is 0.244 e. The molecule has 1 aliphatic carbocycles. The van der Waals surface area contributed by atoms with Crippen molar-refractivity contribution in [3.05, 3.63) is 24.3 Å². The molecule has 20 heavy (non-hydrogen) atoms. The summed E-state index contributed by atoms with van der Waals surface area (Å²) in [5, 5.41) is 9.67. The van der Waals surface area contributed by atoms with Gasteiger partial charge in [0.05, 0.1) is 6.10 Å². The summed E-state index contributed by atoms with van der Waals surface area (Å²) < 4.78 is 32.8. The highest BCUT2D eigenvalue weighted by Crippen LogP contribution is 2.43. The van der Waals surface area contributed by atoms with Crippen LogP contribution in [0.15, 0.2) is 29.2 Å². The van der Waals surface area contributed by atoms with Crippen molar-refractivity contribution in [2.24, 2.45) is 5.41 Å². The zero-order chi connectivity index (χ0) is 15.0. The molecule has 6 heteroatoms. The molecule has 112 valence electrons. The zero-order valence-corrected chi connectivity index (χ0v) is 12.8. The van der Waals surface area contributed by atoms with Crippen LogP contribution in [0, 0.1) is 5.41 Å². The van der Waals surface area contributed by atoms with Crippen molar-refractivity contribution in [1.82, 2.24) is 4.72 Å². The molecule has 0 amide bonds. The molecule has 0 spiro atoms. The molecule has 2 unspecified atom stereocenters. The smallest absolute Gasteiger partial charge is 0.244 e. The van der Waals surface area contributed by atoms with Gasteiger partial charge in [-0.05, 0) is 25.5 Å². The first-order valence-electron chi connectivity index (χ1n) is 6.71. The SMILES string of the molecule is CCOC1CC(NS(=O)(=O)c2ccccc2O)C1(C)C. The van der Waals surface area contributed by atoms with E-state index in [1.807, 2.05) is 20.8 Å². The van der Waals surface area contributed by atoms with Crippen LogP contribution in [0.4, 0.5) is 0 Å². The van der Waals surface area contributed by atoms with Crippen molar-refractivity contribution < 1.29 is 18.3 Å². The highest BCUT2D eigenvalue weighted by atomic mass is 32.2. The van der Waals surface area contributed by atoms with Crippen molar-refractivity contribution in [2.45, 2.75) is 44.2 Å². The summed E-state index contributed by atoms with van der Waals surface area (Å²) in [5.74, 6) is -0.238. The fourth-order valence-corrected chi connectivity index (χ4v) is 4.01. The molecule has 0 aliphatic heterocycles. The maximum absolute atomic E-state index is 12.3. The molecule has 2 rings (SSSR count). The second-order valence-corrected chi connectivity index (χ2v) is 7.33. The molecule has 1 fully saturated rings. The van der Waals surface area contributed by atoms with E-state index in [-0.39, 0.29) is 28.2 Å². The van der Waals surface area contributed by atoms with Gasteiger partial charge in [-0.2, -0.15) is 0 Å². The summed E-state index contributed by atoms with van der Waals surface area (Å²) in [7, 11) is -3.72. The topological polar surface area (TPSA) is 75.6 Å². The highest BCUT2D eigenvalue weighted by molar-refractivity contribution is 7.89. The van der Waals surface area contributed by atoms with E-state index in [4.69, 9.17) is 4.74 Å². The number of benzene rings is 1. The van der Waals surface area contributed by atoms with Crippen LogP contribution in [-0.2, 0) is 14.8 Å². The third kappa shape index (κ3) is 2.68. The minimum Gasteiger partial charge on any atom is -0.507 e. The Morgan fingerprint density at radius 3 is 2.60 bits per heavy atom. The van der Waals surface area contributed by atoms with Gasteiger partial charge in [0, 0.05) is 18.1 Å². The first-order valence-corrected chi connectivity index (χ1v) is 8.19. The summed E-state index contributed by atoms with van der Waals surface area (Å²) in [6, 6.07) is 5.74. The largest absolute Gasteiger partial charge is 0.507 e. The van der Waals surface area contributed by atoms with E-state index in [2.05, 4.69) is 4.72 Å². The molecular formula is C14H21NO4S. The zero-order valence-electron chi connectivity index (χ0n) is 12.0. The van der Waals surface area contributed by atoms with E-state index in [0.29, 0.717) is 13.0 Å². The van der Waals surface area contributed by atoms with Gasteiger partial charge in [0.1, 0.15) is 10.6 Å². The van der Waals surface area contributed by atoms with Crippen LogP contribution in [0.3, 0.4) is 0 Å². The number of hydrogen-bond donors (Lipinski definition) is 2. The fraction of sp³-hybridized carbons (Fsp3) is 0.571. The van der Waals surface area contributed by atoms with Gasteiger partial charge in [0.25, 0.3) is 0 Å². The van der Waals surface area contributed by atoms with Crippen molar-refractivity contribution >= 4 is 10.0 Å². The Hall–Kier alpha value is -1.11. The number of aromatic hydroxyl groups is 1. The molecule has 0 saturated heterocycles. The number of ether oxygens (including phenoxy) is 1. The first-order chi connectivity index (χ1) is 9.29. The Morgan fingerprint density at radius 1 is 1.40 bits per heavy atom. The predicted molar refractivity (Wildman–Crippen MR) is 76.0 cm³/mol. The van der Waals surface area contributed by atoms with E-state index in [0.717, 1.165) is 0 Å². The summed E-state index contributed by atoms with van der Waals surface area (Å²) in [4.78, 5) is -0.0874. The van der Waals surface area contributed by atoms with Gasteiger partial charge in [-0.25, -0.2) is 13.1 Å². The molecule has 0 radical (unpaired) electrons. The third-order valence-corrected chi connectivity index (χ3v) is 5.52. The number of sulfonamides is 1. The quantitative estimate of drug-likeness (QED) is 0.870. The van der Waals surface area contributed by atoms with Crippen LogP contribution in [-0.4, -0.2) is 32.3 Å². The van der Waals surface area contributed by atoms with Crippen LogP contribution < -0.4 is 4.72 Å². The molecule has 2 N–H and O–H groups in total. The Labute approximate surface area is 120 Å². The number of phenols is 1. The normalized spacial score (nSPS) is 25.1. The maximum atomic E-state index is 12.3. The average molecular weight is 299 g/mol. The van der Waals surface area contributed by atoms with Crippen LogP contribution in [0.1, 0.15) is 27.2 Å². The Bertz CT molecular complexity index is 583. The lowest BCUT2D eigenvalue weighted by atomic mass is 9.65. The van der Waals surface area contributed by atoms with Gasteiger partial charge in [-0.1, -0.05) is 26.0 Å². The summed E-state index contributed by atoms with van der Waals surface area (Å²) in [5.41, 5.74) is -0.256. The summed E-state index contributed by atoms with van der Waals surface area (Å²) in [6.45, 7) is 6.51. The minimum atomic E-state index is -3.72. The molecule has 1 aromatic carbocycles. The van der Waals surface area contributed by atoms with E-state index in [1.54, 1.807) is 12.1 Å². The van der Waals surface area contributed by atoms with Gasteiger partial charge in [-0.15, -0.1) is 0 Å². The highest BCUT2D eigenvalue weighted by Gasteiger charge is 2.50. The fourth-order valence-electron chi connectivity index (χ4n) is 2.50. The van der Waals surface area contributed by atoms with Crippen molar-refractivity contribution in [3.8, 4) is 5.75 Å². The van der Waals surface area contributed by atoms with E-state index in [1.165, 1.54) is 12.1 Å². The van der Waals surface area contributed by atoms with E-state index < -0.39 is 10.0 Å². The van der Waals surface area contributed by atoms with Crippen LogP contribution in [0.25, 0.3) is 0 Å². The van der Waals surface area contributed by atoms with E-state index >= 15 is 0 Å². The minimum absolute atomic E-state index is 0.0598. The van der Waals surface area contributed by atoms with Gasteiger partial charge in [-0.3, -0.25) is 0 Å². The molecule has 5 nitrogen and oxygen atoms in total. The standard InChI is InChI=1S/C14H21NO4S/c1-4-19-13-9-12(14(13,2)3)15-20(17,18)11-8-6-5-7-10(11)16/h5-8,12-13,15-16H,4,9H2,1-3H3. The number of hydrogen-bond acceptors (Lipinski definition) is 4. The molecule has 1 aromatic rings. The van der Waals surface area contributed by atoms with Crippen molar-refractivity contribution in [1.29, 1.82) is 0 Å². The Morgan fingerprint density at radius 2 is 2.05 bits per heavy atom. The predicted octanol–water partition coefficient (Wildman–Crippen LogP) is 1.87. The average Bonchev–Trinajstić information content (AvgIpc) is 2.38. The van der Waals surface area contributed by atoms with Gasteiger partial charge < -0.3 is 9.84 Å². The lowest BCUT2D eigenvalue weighted by Gasteiger charge is -2.51. The van der Waals surface area contributed by atoms with Gasteiger partial charge in [0.15, 0.2) is 0 Å². The number of para-hydroxylation sites is 1. The first kappa shape index (κ1) is 15.3. The molecule has 0 aromatic heterocycles. The van der Waals surface area contributed by atoms with Crippen molar-refractivity contribution in [2.75, 3.05) is 6.61 Å². The molecule has 0 heterocycles. The van der Waals surface area contributed by atoms with Gasteiger partial charge >= 0.3 is 0 Å². The molecule has 2 atom stereocenters. The van der Waals surface area contributed by atoms with Gasteiger partial charge in [0.2, 0.25) is 10.0 Å². The second kappa shape index (κ2) is 5.35. The molecule has 1 aliphatic rings. The van der Waals surface area contributed by atoms with Crippen LogP contribution in [0.5, 0.6) is 5.75 Å². The number of rotatable bonds is 5. The third-order valence-electron chi connectivity index (χ3n) is 4.00. The number of phenolic OH excluding ortho intramolecular Hbond substituents is 1. The lowest BCUT2D eigenvalue weighted by Crippen LogP contribution is -2.61. The lowest BCUT2D eigenvalue weighted by molar-refractivity contribution is -0.108. The summed E-state index contributed by atoms with van der Waals surface area (Å²) in [6.07, 6.45) is 0.706. The van der Waals surface area contributed by atoms with Crippen LogP contribution in [0.2, 0.25) is 0 Å².